The molecule has 2 N–H and O–H groups in total. The third kappa shape index (κ3) is 4.43. The first-order valence-electron chi connectivity index (χ1n) is 6.61. The first-order valence-corrected chi connectivity index (χ1v) is 6.99. The first-order chi connectivity index (χ1) is 11.0. The summed E-state index contributed by atoms with van der Waals surface area (Å²) in [6.45, 7) is 0. The van der Waals surface area contributed by atoms with Gasteiger partial charge < -0.3 is 9.47 Å². The van der Waals surface area contributed by atoms with E-state index in [-0.39, 0.29) is 12.4 Å². The van der Waals surface area contributed by atoms with Crippen LogP contribution in [0.1, 0.15) is 12.0 Å². The van der Waals surface area contributed by atoms with Crippen molar-refractivity contribution in [3.8, 4) is 11.5 Å². The van der Waals surface area contributed by atoms with E-state index in [1.54, 1.807) is 25.3 Å². The molecule has 0 bridgehead atoms. The van der Waals surface area contributed by atoms with E-state index in [1.807, 2.05) is 0 Å². The molecule has 1 unspecified atom stereocenters. The number of carbonyl (C=O) groups is 2. The fraction of sp³-hybridized carbons (Fsp3) is 0.286. The number of benzene rings is 1. The summed E-state index contributed by atoms with van der Waals surface area (Å²) in [6, 6.07) is 4.43. The Morgan fingerprint density at radius 1 is 1.48 bits per heavy atom. The van der Waals surface area contributed by atoms with E-state index in [4.69, 9.17) is 21.1 Å². The Morgan fingerprint density at radius 2 is 2.26 bits per heavy atom. The Morgan fingerprint density at radius 3 is 2.91 bits per heavy atom. The van der Waals surface area contributed by atoms with E-state index in [0.717, 1.165) is 0 Å². The van der Waals surface area contributed by atoms with Crippen molar-refractivity contribution in [3.63, 3.8) is 0 Å². The van der Waals surface area contributed by atoms with E-state index in [0.29, 0.717) is 17.1 Å². The molecule has 1 aromatic rings. The molecule has 8 nitrogen and oxygen atoms in total. The van der Waals surface area contributed by atoms with Crippen LogP contribution >= 0.6 is 11.6 Å². The summed E-state index contributed by atoms with van der Waals surface area (Å²) < 4.78 is 10.3. The lowest BCUT2D eigenvalue weighted by atomic mass is 10.2. The van der Waals surface area contributed by atoms with Crippen molar-refractivity contribution in [1.29, 1.82) is 0 Å². The molecule has 1 heterocycles. The number of halogens is 1. The van der Waals surface area contributed by atoms with E-state index in [2.05, 4.69) is 20.8 Å². The van der Waals surface area contributed by atoms with Gasteiger partial charge in [0.1, 0.15) is 17.5 Å². The number of carbonyl (C=O) groups excluding carboxylic acids is 2. The Balaban J connectivity index is 2.02. The minimum absolute atomic E-state index is 0.154. The van der Waals surface area contributed by atoms with E-state index < -0.39 is 17.2 Å². The van der Waals surface area contributed by atoms with Crippen molar-refractivity contribution in [2.75, 3.05) is 14.2 Å². The third-order valence-corrected chi connectivity index (χ3v) is 3.15. The molecule has 122 valence electrons. The van der Waals surface area contributed by atoms with Crippen molar-refractivity contribution in [2.24, 2.45) is 10.1 Å². The van der Waals surface area contributed by atoms with Crippen LogP contribution in [0.15, 0.2) is 28.3 Å². The quantitative estimate of drug-likeness (QED) is 0.450. The lowest BCUT2D eigenvalue weighted by Crippen LogP contribution is -2.35. The summed E-state index contributed by atoms with van der Waals surface area (Å²) >= 11 is 5.25. The van der Waals surface area contributed by atoms with Gasteiger partial charge >= 0.3 is 0 Å². The largest absolute Gasteiger partial charge is 0.497 e. The molecule has 0 aliphatic carbocycles. The molecule has 1 aromatic carbocycles. The van der Waals surface area contributed by atoms with Gasteiger partial charge in [-0.3, -0.25) is 14.9 Å². The summed E-state index contributed by atoms with van der Waals surface area (Å²) in [5, 5.41) is 5.82. The number of hydrogen-bond donors (Lipinski definition) is 2. The standard InChI is InChI=1S/C14H15ClN4O4/c1-22-9-4-3-8(11(5-9)23-2)7-16-19-14-17-10(6-12(15)20)13(21)18-14/h3-5,7,10H,6H2,1-2H3,(H2,17,18,19,21)/b16-7+. The highest BCUT2D eigenvalue weighted by molar-refractivity contribution is 6.63. The van der Waals surface area contributed by atoms with Gasteiger partial charge in [-0.25, -0.2) is 10.4 Å². The SMILES string of the molecule is COc1ccc(/C=N/NC2=NC(CC(=O)Cl)C(=O)N2)c(OC)c1. The highest BCUT2D eigenvalue weighted by Crippen LogP contribution is 2.22. The first kappa shape index (κ1) is 16.8. The van der Waals surface area contributed by atoms with E-state index in [9.17, 15) is 9.59 Å². The maximum Gasteiger partial charge on any atom is 0.252 e. The number of rotatable bonds is 6. The van der Waals surface area contributed by atoms with Crippen LogP contribution in [0.5, 0.6) is 11.5 Å². The molecule has 0 saturated carbocycles. The van der Waals surface area contributed by atoms with Crippen LogP contribution in [-0.4, -0.2) is 43.6 Å². The van der Waals surface area contributed by atoms with Crippen LogP contribution in [0.3, 0.4) is 0 Å². The maximum absolute atomic E-state index is 11.6. The van der Waals surface area contributed by atoms with Gasteiger partial charge in [-0.05, 0) is 23.7 Å². The smallest absolute Gasteiger partial charge is 0.252 e. The molecular weight excluding hydrogens is 324 g/mol. The number of ether oxygens (including phenoxy) is 2. The summed E-state index contributed by atoms with van der Waals surface area (Å²) in [4.78, 5) is 26.4. The summed E-state index contributed by atoms with van der Waals surface area (Å²) in [7, 11) is 3.10. The number of aliphatic imine (C=N–C) groups is 1. The van der Waals surface area contributed by atoms with Crippen LogP contribution < -0.4 is 20.2 Å². The van der Waals surface area contributed by atoms with Crippen LogP contribution in [0.2, 0.25) is 0 Å². The maximum atomic E-state index is 11.6. The predicted octanol–water partition coefficient (Wildman–Crippen LogP) is 0.637. The van der Waals surface area contributed by atoms with Crippen molar-refractivity contribution < 1.29 is 19.1 Å². The average Bonchev–Trinajstić information content (AvgIpc) is 2.86. The van der Waals surface area contributed by atoms with Gasteiger partial charge in [-0.2, -0.15) is 5.10 Å². The highest BCUT2D eigenvalue weighted by Gasteiger charge is 2.27. The van der Waals surface area contributed by atoms with Gasteiger partial charge in [0.15, 0.2) is 0 Å². The van der Waals surface area contributed by atoms with Gasteiger partial charge in [-0.15, -0.1) is 0 Å². The molecule has 9 heteroatoms. The fourth-order valence-electron chi connectivity index (χ4n) is 1.88. The van der Waals surface area contributed by atoms with Gasteiger partial charge in [0, 0.05) is 11.6 Å². The van der Waals surface area contributed by atoms with Crippen LogP contribution in [0.4, 0.5) is 0 Å². The van der Waals surface area contributed by atoms with Gasteiger partial charge in [0.05, 0.1) is 26.9 Å². The lowest BCUT2D eigenvalue weighted by Gasteiger charge is -2.06. The highest BCUT2D eigenvalue weighted by atomic mass is 35.5. The molecule has 1 atom stereocenters. The molecule has 0 radical (unpaired) electrons. The minimum atomic E-state index is -0.826. The summed E-state index contributed by atoms with van der Waals surface area (Å²) in [5.41, 5.74) is 3.30. The predicted molar refractivity (Wildman–Crippen MR) is 85.1 cm³/mol. The Hall–Kier alpha value is -2.61. The van der Waals surface area contributed by atoms with Crippen LogP contribution in [0.25, 0.3) is 0 Å². The van der Waals surface area contributed by atoms with E-state index >= 15 is 0 Å². The number of nitrogens with one attached hydrogen (secondary N) is 2. The lowest BCUT2D eigenvalue weighted by molar-refractivity contribution is -0.122. The third-order valence-electron chi connectivity index (χ3n) is 3.00. The van der Waals surface area contributed by atoms with E-state index in [1.165, 1.54) is 13.3 Å². The normalized spacial score (nSPS) is 16.9. The zero-order valence-electron chi connectivity index (χ0n) is 12.5. The number of nitrogens with zero attached hydrogens (tertiary/aromatic N) is 2. The van der Waals surface area contributed by atoms with Crippen LogP contribution in [0, 0.1) is 0 Å². The zero-order chi connectivity index (χ0) is 16.8. The summed E-state index contributed by atoms with van der Waals surface area (Å²) in [6.07, 6.45) is 1.35. The molecule has 0 saturated heterocycles. The molecule has 23 heavy (non-hydrogen) atoms. The Kier molecular flexibility index (Phi) is 5.53. The fourth-order valence-corrected chi connectivity index (χ4v) is 2.03. The molecule has 0 aromatic heterocycles. The van der Waals surface area contributed by atoms with Crippen molar-refractivity contribution >= 4 is 34.9 Å². The van der Waals surface area contributed by atoms with Gasteiger partial charge in [-0.1, -0.05) is 0 Å². The minimum Gasteiger partial charge on any atom is -0.497 e. The zero-order valence-corrected chi connectivity index (χ0v) is 13.3. The van der Waals surface area contributed by atoms with Crippen LogP contribution in [-0.2, 0) is 9.59 Å². The Bertz CT molecular complexity index is 675. The van der Waals surface area contributed by atoms with Gasteiger partial charge in [0.25, 0.3) is 5.91 Å². The molecule has 0 fully saturated rings. The van der Waals surface area contributed by atoms with Crippen molar-refractivity contribution in [3.05, 3.63) is 23.8 Å². The molecule has 1 aliphatic heterocycles. The van der Waals surface area contributed by atoms with Crippen molar-refractivity contribution in [1.82, 2.24) is 10.7 Å². The van der Waals surface area contributed by atoms with Crippen molar-refractivity contribution in [2.45, 2.75) is 12.5 Å². The second-order valence-electron chi connectivity index (χ2n) is 4.52. The number of guanidine groups is 1. The number of hydrazone groups is 1. The number of hydrogen-bond acceptors (Lipinski definition) is 7. The molecule has 0 spiro atoms. The Labute approximate surface area is 137 Å². The molecule has 1 aliphatic rings. The number of methoxy groups -OCH3 is 2. The topological polar surface area (TPSA) is 101 Å². The molecule has 2 rings (SSSR count). The number of amides is 1. The monoisotopic (exact) mass is 338 g/mol. The second-order valence-corrected chi connectivity index (χ2v) is 4.94. The summed E-state index contributed by atoms with van der Waals surface area (Å²) in [5.74, 6) is 0.992. The average molecular weight is 339 g/mol. The molecule has 1 amide bonds. The molecular formula is C14H15ClN4O4. The van der Waals surface area contributed by atoms with Gasteiger partial charge in [0.2, 0.25) is 11.2 Å². The second kappa shape index (κ2) is 7.59.